The average molecular weight is 473 g/mol. The first-order valence-electron chi connectivity index (χ1n) is 9.62. The average Bonchev–Trinajstić information content (AvgIpc) is 2.69. The van der Waals surface area contributed by atoms with Crippen molar-refractivity contribution in [2.75, 3.05) is 30.3 Å². The van der Waals surface area contributed by atoms with Crippen LogP contribution >= 0.6 is 23.2 Å². The number of anilines is 1. The topological polar surface area (TPSA) is 75.7 Å². The Balaban J connectivity index is 1.77. The van der Waals surface area contributed by atoms with Gasteiger partial charge in [-0.15, -0.1) is 0 Å². The highest BCUT2D eigenvalue weighted by Crippen LogP contribution is 2.30. The number of ether oxygens (including phenoxy) is 1. The fraction of sp³-hybridized carbons (Fsp3) is 0.381. The summed E-state index contributed by atoms with van der Waals surface area (Å²) < 4.78 is 31.1. The van der Waals surface area contributed by atoms with Gasteiger partial charge in [-0.2, -0.15) is 0 Å². The molecule has 1 amide bonds. The van der Waals surface area contributed by atoms with Crippen LogP contribution in [0.5, 0.6) is 5.75 Å². The molecule has 0 atom stereocenters. The number of carbonyl (C=O) groups is 1. The Labute approximate surface area is 188 Å². The van der Waals surface area contributed by atoms with Crippen LogP contribution in [-0.4, -0.2) is 40.3 Å². The number of carbonyl (C=O) groups excluding carboxylic acids is 1. The molecule has 0 aliphatic heterocycles. The van der Waals surface area contributed by atoms with Crippen LogP contribution in [0.25, 0.3) is 0 Å². The minimum atomic E-state index is -3.55. The van der Waals surface area contributed by atoms with E-state index in [1.165, 1.54) is 15.9 Å². The molecule has 0 saturated heterocycles. The summed E-state index contributed by atoms with van der Waals surface area (Å²) in [6.07, 6.45) is 2.60. The smallest absolute Gasteiger partial charge is 0.232 e. The molecule has 0 bridgehead atoms. The Kier molecular flexibility index (Phi) is 9.27. The van der Waals surface area contributed by atoms with Crippen LogP contribution in [0.15, 0.2) is 42.5 Å². The Morgan fingerprint density at radius 3 is 2.43 bits per heavy atom. The highest BCUT2D eigenvalue weighted by atomic mass is 35.5. The Morgan fingerprint density at radius 2 is 1.83 bits per heavy atom. The van der Waals surface area contributed by atoms with Crippen molar-refractivity contribution in [2.45, 2.75) is 26.2 Å². The Morgan fingerprint density at radius 1 is 1.13 bits per heavy atom. The van der Waals surface area contributed by atoms with Gasteiger partial charge in [0.15, 0.2) is 0 Å². The first-order valence-corrected chi connectivity index (χ1v) is 12.2. The molecule has 0 radical (unpaired) electrons. The molecule has 0 spiro atoms. The Hall–Kier alpha value is -1.96. The van der Waals surface area contributed by atoms with E-state index in [4.69, 9.17) is 27.9 Å². The van der Waals surface area contributed by atoms with Crippen molar-refractivity contribution in [1.82, 2.24) is 5.32 Å². The van der Waals surface area contributed by atoms with Gasteiger partial charge >= 0.3 is 0 Å². The largest absolute Gasteiger partial charge is 0.492 e. The molecule has 30 heavy (non-hydrogen) atoms. The zero-order chi connectivity index (χ0) is 22.1. The minimum absolute atomic E-state index is 0.133. The molecule has 2 aromatic carbocycles. The number of aryl methyl sites for hydroxylation is 1. The molecule has 1 N–H and O–H groups in total. The maximum Gasteiger partial charge on any atom is 0.232 e. The van der Waals surface area contributed by atoms with E-state index >= 15 is 0 Å². The standard InChI is InChI=1S/C21H26Cl2N2O4S/c1-3-16-6-9-18(10-7-16)29-14-12-24-21(26)5-4-13-25(30(2,27)28)20-11-8-17(22)15-19(20)23/h6-11,15H,3-5,12-14H2,1-2H3,(H,24,26). The van der Waals surface area contributed by atoms with Crippen molar-refractivity contribution in [3.05, 3.63) is 58.1 Å². The summed E-state index contributed by atoms with van der Waals surface area (Å²) in [6.45, 7) is 2.94. The molecular formula is C21H26Cl2N2O4S. The second-order valence-corrected chi connectivity index (χ2v) is 9.48. The number of amides is 1. The number of nitrogens with one attached hydrogen (secondary N) is 1. The number of nitrogens with zero attached hydrogens (tertiary/aromatic N) is 1. The van der Waals surface area contributed by atoms with Gasteiger partial charge in [0.1, 0.15) is 12.4 Å². The lowest BCUT2D eigenvalue weighted by atomic mass is 10.2. The lowest BCUT2D eigenvalue weighted by Gasteiger charge is -2.23. The van der Waals surface area contributed by atoms with E-state index in [0.717, 1.165) is 18.4 Å². The van der Waals surface area contributed by atoms with Gasteiger partial charge in [0, 0.05) is 18.0 Å². The molecule has 0 aliphatic rings. The molecule has 0 aromatic heterocycles. The van der Waals surface area contributed by atoms with Crippen LogP contribution < -0.4 is 14.4 Å². The normalized spacial score (nSPS) is 11.2. The zero-order valence-electron chi connectivity index (χ0n) is 17.0. The Bertz CT molecular complexity index is 950. The van der Waals surface area contributed by atoms with Gasteiger partial charge in [-0.05, 0) is 48.7 Å². The molecule has 0 heterocycles. The summed E-state index contributed by atoms with van der Waals surface area (Å²) >= 11 is 12.0. The predicted octanol–water partition coefficient (Wildman–Crippen LogP) is 4.30. The lowest BCUT2D eigenvalue weighted by molar-refractivity contribution is -0.121. The fourth-order valence-electron chi connectivity index (χ4n) is 2.80. The molecule has 2 aromatic rings. The van der Waals surface area contributed by atoms with E-state index in [1.54, 1.807) is 12.1 Å². The quantitative estimate of drug-likeness (QED) is 0.494. The van der Waals surface area contributed by atoms with Crippen LogP contribution in [0, 0.1) is 0 Å². The van der Waals surface area contributed by atoms with Crippen molar-refractivity contribution in [3.8, 4) is 5.75 Å². The first kappa shape index (κ1) is 24.3. The van der Waals surface area contributed by atoms with E-state index in [9.17, 15) is 13.2 Å². The van der Waals surface area contributed by atoms with Crippen molar-refractivity contribution >= 4 is 44.8 Å². The summed E-state index contributed by atoms with van der Waals surface area (Å²) in [5, 5.41) is 3.43. The maximum atomic E-state index is 12.1. The van der Waals surface area contributed by atoms with Gasteiger partial charge < -0.3 is 10.1 Å². The van der Waals surface area contributed by atoms with E-state index in [-0.39, 0.29) is 23.9 Å². The summed E-state index contributed by atoms with van der Waals surface area (Å²) in [5.74, 6) is 0.584. The highest BCUT2D eigenvalue weighted by molar-refractivity contribution is 7.92. The number of benzene rings is 2. The summed E-state index contributed by atoms with van der Waals surface area (Å²) in [6, 6.07) is 12.4. The minimum Gasteiger partial charge on any atom is -0.492 e. The molecule has 0 aliphatic carbocycles. The van der Waals surface area contributed by atoms with Crippen LogP contribution in [-0.2, 0) is 21.2 Å². The molecule has 2 rings (SSSR count). The highest BCUT2D eigenvalue weighted by Gasteiger charge is 2.20. The van der Waals surface area contributed by atoms with Gasteiger partial charge in [-0.3, -0.25) is 9.10 Å². The van der Waals surface area contributed by atoms with Crippen molar-refractivity contribution in [3.63, 3.8) is 0 Å². The number of sulfonamides is 1. The molecule has 6 nitrogen and oxygen atoms in total. The number of halogens is 2. The second-order valence-electron chi connectivity index (χ2n) is 6.73. The third-order valence-electron chi connectivity index (χ3n) is 4.37. The van der Waals surface area contributed by atoms with Crippen molar-refractivity contribution in [1.29, 1.82) is 0 Å². The summed E-state index contributed by atoms with van der Waals surface area (Å²) in [5.41, 5.74) is 1.57. The van der Waals surface area contributed by atoms with Gasteiger partial charge in [0.25, 0.3) is 0 Å². The van der Waals surface area contributed by atoms with E-state index in [1.807, 2.05) is 24.3 Å². The number of hydrogen-bond donors (Lipinski definition) is 1. The molecule has 9 heteroatoms. The molecular weight excluding hydrogens is 447 g/mol. The van der Waals surface area contributed by atoms with E-state index < -0.39 is 10.0 Å². The lowest BCUT2D eigenvalue weighted by Crippen LogP contribution is -2.33. The number of rotatable bonds is 11. The molecule has 164 valence electrons. The van der Waals surface area contributed by atoms with Crippen LogP contribution in [0.2, 0.25) is 10.0 Å². The SMILES string of the molecule is CCc1ccc(OCCNC(=O)CCCN(c2ccc(Cl)cc2Cl)S(C)(=O)=O)cc1. The number of hydrogen-bond acceptors (Lipinski definition) is 4. The fourth-order valence-corrected chi connectivity index (χ4v) is 4.34. The van der Waals surface area contributed by atoms with Gasteiger partial charge in [0.05, 0.1) is 23.5 Å². The second kappa shape index (κ2) is 11.4. The third-order valence-corrected chi connectivity index (χ3v) is 6.09. The third kappa shape index (κ3) is 7.70. The van der Waals surface area contributed by atoms with Crippen molar-refractivity contribution < 1.29 is 17.9 Å². The van der Waals surface area contributed by atoms with Crippen LogP contribution in [0.3, 0.4) is 0 Å². The van der Waals surface area contributed by atoms with Gasteiger partial charge in [0.2, 0.25) is 15.9 Å². The van der Waals surface area contributed by atoms with Crippen LogP contribution in [0.1, 0.15) is 25.3 Å². The van der Waals surface area contributed by atoms with E-state index in [0.29, 0.717) is 30.3 Å². The summed E-state index contributed by atoms with van der Waals surface area (Å²) in [7, 11) is -3.55. The molecule has 0 unspecified atom stereocenters. The van der Waals surface area contributed by atoms with Gasteiger partial charge in [-0.25, -0.2) is 8.42 Å². The van der Waals surface area contributed by atoms with E-state index in [2.05, 4.69) is 12.2 Å². The molecule has 0 saturated carbocycles. The van der Waals surface area contributed by atoms with Gasteiger partial charge in [-0.1, -0.05) is 42.3 Å². The monoisotopic (exact) mass is 472 g/mol. The molecule has 0 fully saturated rings. The zero-order valence-corrected chi connectivity index (χ0v) is 19.4. The maximum absolute atomic E-state index is 12.1. The first-order chi connectivity index (χ1) is 14.2. The predicted molar refractivity (Wildman–Crippen MR) is 122 cm³/mol. The van der Waals surface area contributed by atoms with Crippen molar-refractivity contribution in [2.24, 2.45) is 0 Å². The van der Waals surface area contributed by atoms with Crippen LogP contribution in [0.4, 0.5) is 5.69 Å². The summed E-state index contributed by atoms with van der Waals surface area (Å²) in [4.78, 5) is 12.0.